The first kappa shape index (κ1) is 14.4. The predicted molar refractivity (Wildman–Crippen MR) is 80.8 cm³/mol. The van der Waals surface area contributed by atoms with Gasteiger partial charge in [0.05, 0.1) is 11.6 Å². The van der Waals surface area contributed by atoms with Gasteiger partial charge in [-0.3, -0.25) is 0 Å². The summed E-state index contributed by atoms with van der Waals surface area (Å²) in [6, 6.07) is 12.2. The Bertz CT molecular complexity index is 544. The van der Waals surface area contributed by atoms with Crippen LogP contribution in [0.1, 0.15) is 0 Å². The highest BCUT2D eigenvalue weighted by Gasteiger charge is 2.02. The molecule has 0 bridgehead atoms. The summed E-state index contributed by atoms with van der Waals surface area (Å²) < 4.78 is 5.58. The number of phenols is 1. The Hall–Kier alpha value is -1.03. The minimum Gasteiger partial charge on any atom is -0.508 e. The first-order chi connectivity index (χ1) is 9.15. The van der Waals surface area contributed by atoms with Crippen LogP contribution in [0.4, 0.5) is 0 Å². The molecule has 0 heterocycles. The Morgan fingerprint density at radius 2 is 1.79 bits per heavy atom. The first-order valence-electron chi connectivity index (χ1n) is 5.65. The summed E-state index contributed by atoms with van der Waals surface area (Å²) in [5, 5.41) is 10.3. The fraction of sp³-hybridized carbons (Fsp3) is 0.143. The Labute approximate surface area is 126 Å². The fourth-order valence-corrected chi connectivity index (χ4v) is 2.64. The summed E-state index contributed by atoms with van der Waals surface area (Å²) in [6.45, 7) is 0.549. The van der Waals surface area contributed by atoms with E-state index in [1.165, 1.54) is 0 Å². The van der Waals surface area contributed by atoms with E-state index < -0.39 is 0 Å². The van der Waals surface area contributed by atoms with E-state index in [0.29, 0.717) is 22.4 Å². The molecule has 0 spiro atoms. The molecular weight excluding hydrogens is 303 g/mol. The van der Waals surface area contributed by atoms with E-state index in [-0.39, 0.29) is 5.75 Å². The van der Waals surface area contributed by atoms with Crippen LogP contribution < -0.4 is 4.74 Å². The smallest absolute Gasteiger partial charge is 0.138 e. The number of aromatic hydroxyl groups is 1. The molecule has 1 N–H and O–H groups in total. The molecule has 0 aliphatic carbocycles. The number of thioether (sulfide) groups is 1. The summed E-state index contributed by atoms with van der Waals surface area (Å²) in [7, 11) is 0. The predicted octanol–water partition coefficient (Wildman–Crippen LogP) is 4.87. The van der Waals surface area contributed by atoms with E-state index in [9.17, 15) is 5.11 Å². The summed E-state index contributed by atoms with van der Waals surface area (Å²) in [5.74, 6) is 1.70. The third-order valence-corrected chi connectivity index (χ3v) is 3.85. The molecule has 5 heteroatoms. The normalized spacial score (nSPS) is 10.4. The Kier molecular flexibility index (Phi) is 5.25. The molecule has 0 aromatic heterocycles. The molecule has 2 rings (SSSR count). The van der Waals surface area contributed by atoms with Gasteiger partial charge in [0, 0.05) is 15.7 Å². The Balaban J connectivity index is 1.79. The standard InChI is InChI=1S/C14H12Cl2O2S/c15-10-1-6-14(13(16)9-10)18-7-8-19-12-4-2-11(17)3-5-12/h1-6,9,17H,7-8H2. The van der Waals surface area contributed by atoms with E-state index in [4.69, 9.17) is 27.9 Å². The summed E-state index contributed by atoms with van der Waals surface area (Å²) in [5.41, 5.74) is 0. The summed E-state index contributed by atoms with van der Waals surface area (Å²) >= 11 is 13.5. The van der Waals surface area contributed by atoms with Crippen molar-refractivity contribution in [1.82, 2.24) is 0 Å². The SMILES string of the molecule is Oc1ccc(SCCOc2ccc(Cl)cc2Cl)cc1. The maximum absolute atomic E-state index is 9.17. The van der Waals surface area contributed by atoms with Crippen molar-refractivity contribution in [3.05, 3.63) is 52.5 Å². The van der Waals surface area contributed by atoms with Gasteiger partial charge < -0.3 is 9.84 Å². The highest BCUT2D eigenvalue weighted by Crippen LogP contribution is 2.28. The van der Waals surface area contributed by atoms with Gasteiger partial charge in [0.25, 0.3) is 0 Å². The number of halogens is 2. The molecule has 0 atom stereocenters. The fourth-order valence-electron chi connectivity index (χ4n) is 1.45. The van der Waals surface area contributed by atoms with E-state index in [1.54, 1.807) is 42.1 Å². The lowest BCUT2D eigenvalue weighted by Gasteiger charge is -2.08. The zero-order valence-electron chi connectivity index (χ0n) is 9.98. The van der Waals surface area contributed by atoms with Gasteiger partial charge in [0.2, 0.25) is 0 Å². The molecule has 0 fully saturated rings. The largest absolute Gasteiger partial charge is 0.508 e. The Morgan fingerprint density at radius 3 is 2.47 bits per heavy atom. The van der Waals surface area contributed by atoms with Gasteiger partial charge in [-0.15, -0.1) is 11.8 Å². The summed E-state index contributed by atoms with van der Waals surface area (Å²) in [6.07, 6.45) is 0. The number of phenolic OH excluding ortho intramolecular Hbond substituents is 1. The van der Waals surface area contributed by atoms with Crippen molar-refractivity contribution in [3.8, 4) is 11.5 Å². The zero-order chi connectivity index (χ0) is 13.7. The quantitative estimate of drug-likeness (QED) is 0.630. The Morgan fingerprint density at radius 1 is 1.05 bits per heavy atom. The van der Waals surface area contributed by atoms with Gasteiger partial charge in [-0.1, -0.05) is 23.2 Å². The van der Waals surface area contributed by atoms with Gasteiger partial charge in [-0.2, -0.15) is 0 Å². The topological polar surface area (TPSA) is 29.5 Å². The van der Waals surface area contributed by atoms with Crippen molar-refractivity contribution >= 4 is 35.0 Å². The minimum absolute atomic E-state index is 0.272. The molecule has 2 aromatic rings. The van der Waals surface area contributed by atoms with Crippen molar-refractivity contribution in [1.29, 1.82) is 0 Å². The highest BCUT2D eigenvalue weighted by atomic mass is 35.5. The molecule has 2 nitrogen and oxygen atoms in total. The minimum atomic E-state index is 0.272. The molecule has 0 unspecified atom stereocenters. The maximum Gasteiger partial charge on any atom is 0.138 e. The number of benzene rings is 2. The van der Waals surface area contributed by atoms with Crippen LogP contribution in [0, 0.1) is 0 Å². The van der Waals surface area contributed by atoms with Crippen LogP contribution in [-0.2, 0) is 0 Å². The van der Waals surface area contributed by atoms with Gasteiger partial charge in [-0.25, -0.2) is 0 Å². The van der Waals surface area contributed by atoms with Crippen LogP contribution >= 0.6 is 35.0 Å². The third kappa shape index (κ3) is 4.53. The molecule has 100 valence electrons. The molecule has 19 heavy (non-hydrogen) atoms. The average molecular weight is 315 g/mol. The molecule has 0 saturated carbocycles. The maximum atomic E-state index is 9.17. The van der Waals surface area contributed by atoms with Crippen LogP contribution in [0.15, 0.2) is 47.4 Å². The first-order valence-corrected chi connectivity index (χ1v) is 7.39. The molecule has 0 radical (unpaired) electrons. The van der Waals surface area contributed by atoms with Gasteiger partial charge in [0.15, 0.2) is 0 Å². The van der Waals surface area contributed by atoms with Gasteiger partial charge in [-0.05, 0) is 42.5 Å². The van der Waals surface area contributed by atoms with Crippen LogP contribution in [0.25, 0.3) is 0 Å². The number of hydrogen-bond acceptors (Lipinski definition) is 3. The van der Waals surface area contributed by atoms with E-state index >= 15 is 0 Å². The lowest BCUT2D eigenvalue weighted by Crippen LogP contribution is -2.00. The van der Waals surface area contributed by atoms with Crippen LogP contribution in [0.3, 0.4) is 0 Å². The number of hydrogen-bond donors (Lipinski definition) is 1. The molecular formula is C14H12Cl2O2S. The molecule has 0 amide bonds. The molecule has 0 aliphatic rings. The molecule has 2 aromatic carbocycles. The monoisotopic (exact) mass is 314 g/mol. The second-order valence-electron chi connectivity index (χ2n) is 3.77. The van der Waals surface area contributed by atoms with Crippen LogP contribution in [0.2, 0.25) is 10.0 Å². The second kappa shape index (κ2) is 6.94. The molecule has 0 saturated heterocycles. The number of ether oxygens (including phenoxy) is 1. The van der Waals surface area contributed by atoms with E-state index in [0.717, 1.165) is 10.6 Å². The van der Waals surface area contributed by atoms with Crippen molar-refractivity contribution < 1.29 is 9.84 Å². The van der Waals surface area contributed by atoms with Crippen molar-refractivity contribution in [2.24, 2.45) is 0 Å². The van der Waals surface area contributed by atoms with Crippen molar-refractivity contribution in [3.63, 3.8) is 0 Å². The van der Waals surface area contributed by atoms with E-state index in [2.05, 4.69) is 0 Å². The van der Waals surface area contributed by atoms with E-state index in [1.807, 2.05) is 12.1 Å². The average Bonchev–Trinajstić information content (AvgIpc) is 2.39. The summed E-state index contributed by atoms with van der Waals surface area (Å²) in [4.78, 5) is 1.09. The second-order valence-corrected chi connectivity index (χ2v) is 5.78. The molecule has 0 aliphatic heterocycles. The van der Waals surface area contributed by atoms with Crippen LogP contribution in [0.5, 0.6) is 11.5 Å². The lowest BCUT2D eigenvalue weighted by atomic mass is 10.3. The zero-order valence-corrected chi connectivity index (χ0v) is 12.3. The van der Waals surface area contributed by atoms with Crippen molar-refractivity contribution in [2.45, 2.75) is 4.90 Å². The number of rotatable bonds is 5. The van der Waals surface area contributed by atoms with Crippen LogP contribution in [-0.4, -0.2) is 17.5 Å². The van der Waals surface area contributed by atoms with Gasteiger partial charge >= 0.3 is 0 Å². The van der Waals surface area contributed by atoms with Crippen molar-refractivity contribution in [2.75, 3.05) is 12.4 Å². The lowest BCUT2D eigenvalue weighted by molar-refractivity contribution is 0.344. The van der Waals surface area contributed by atoms with Gasteiger partial charge in [0.1, 0.15) is 11.5 Å². The third-order valence-electron chi connectivity index (χ3n) is 2.34. The highest BCUT2D eigenvalue weighted by molar-refractivity contribution is 7.99.